The summed E-state index contributed by atoms with van der Waals surface area (Å²) < 4.78 is 35.3. The van der Waals surface area contributed by atoms with E-state index in [1.807, 2.05) is 0 Å². The minimum absolute atomic E-state index is 0.0813. The average Bonchev–Trinajstić information content (AvgIpc) is 3.23. The second kappa shape index (κ2) is 9.83. The molecule has 3 aromatic rings. The molecule has 0 amide bonds. The van der Waals surface area contributed by atoms with Crippen LogP contribution >= 0.6 is 0 Å². The van der Waals surface area contributed by atoms with Crippen LogP contribution in [0.25, 0.3) is 0 Å². The van der Waals surface area contributed by atoms with Gasteiger partial charge in [0.15, 0.2) is 0 Å². The Hall–Kier alpha value is -4.06. The third-order valence-corrected chi connectivity index (χ3v) is 6.76. The van der Waals surface area contributed by atoms with E-state index in [1.54, 1.807) is 18.2 Å². The van der Waals surface area contributed by atoms with E-state index in [0.29, 0.717) is 25.8 Å². The van der Waals surface area contributed by atoms with E-state index in [2.05, 4.69) is 20.1 Å². The van der Waals surface area contributed by atoms with Gasteiger partial charge in [-0.15, -0.1) is 0 Å². The number of nitrogens with one attached hydrogen (secondary N) is 1. The Morgan fingerprint density at radius 2 is 1.85 bits per heavy atom. The van der Waals surface area contributed by atoms with Crippen molar-refractivity contribution in [3.05, 3.63) is 76.9 Å². The van der Waals surface area contributed by atoms with E-state index in [0.717, 1.165) is 0 Å². The van der Waals surface area contributed by atoms with Crippen LogP contribution in [0.15, 0.2) is 75.0 Å². The maximum Gasteiger partial charge on any atom is 0.414 e. The number of nitrogens with zero attached hydrogens (tertiary/aromatic N) is 3. The van der Waals surface area contributed by atoms with Gasteiger partial charge < -0.3 is 15.3 Å². The first-order valence-electron chi connectivity index (χ1n) is 10.4. The number of Topliss-reactive ketones (excluding diaryl/α,β-unsaturated/α-hetero) is 1. The van der Waals surface area contributed by atoms with Gasteiger partial charge in [0.2, 0.25) is 11.6 Å². The van der Waals surface area contributed by atoms with E-state index in [-0.39, 0.29) is 44.9 Å². The predicted octanol–water partition coefficient (Wildman–Crippen LogP) is 1.64. The maximum atomic E-state index is 12.7. The minimum atomic E-state index is -4.16. The zero-order valence-corrected chi connectivity index (χ0v) is 18.7. The first kappa shape index (κ1) is 23.1. The van der Waals surface area contributed by atoms with Gasteiger partial charge in [-0.25, -0.2) is 8.42 Å². The molecule has 1 aliphatic rings. The lowest BCUT2D eigenvalue weighted by molar-refractivity contribution is -0.832. The SMILES string of the molecule is O=C1C(NCCCCCOc2no[n+]([O-])c2S(=O)(=O)c2ccccc2)=CC(=O)c2ncccc21. The molecule has 0 bridgehead atoms. The second-order valence-corrected chi connectivity index (χ2v) is 9.21. The van der Waals surface area contributed by atoms with E-state index in [1.165, 1.54) is 36.5 Å². The van der Waals surface area contributed by atoms with E-state index < -0.39 is 20.7 Å². The van der Waals surface area contributed by atoms with Crippen LogP contribution in [0, 0.1) is 5.21 Å². The van der Waals surface area contributed by atoms with Gasteiger partial charge in [-0.1, -0.05) is 18.2 Å². The molecule has 1 aliphatic carbocycles. The standard InChI is InChI=1S/C22H20N4O7S/c27-18-14-17(20(28)16-10-7-12-24-19(16)18)23-11-5-2-6-13-32-21-22(26(29)33-25-21)34(30,31)15-8-3-1-4-9-15/h1,3-4,7-10,12,14,23H,2,5-6,11,13H2. The molecular formula is C22H20N4O7S. The first-order valence-corrected chi connectivity index (χ1v) is 11.9. The Labute approximate surface area is 194 Å². The highest BCUT2D eigenvalue weighted by Crippen LogP contribution is 2.25. The van der Waals surface area contributed by atoms with Crippen LogP contribution in [0.4, 0.5) is 0 Å². The number of fused-ring (bicyclic) bond motifs is 1. The van der Waals surface area contributed by atoms with Crippen LogP contribution in [0.1, 0.15) is 40.1 Å². The highest BCUT2D eigenvalue weighted by atomic mass is 32.2. The van der Waals surface area contributed by atoms with Crippen LogP contribution in [0.2, 0.25) is 0 Å². The fourth-order valence-electron chi connectivity index (χ4n) is 3.36. The first-order chi connectivity index (χ1) is 16.4. The van der Waals surface area contributed by atoms with Crippen LogP contribution in [-0.4, -0.2) is 43.3 Å². The molecule has 0 spiro atoms. The zero-order chi connectivity index (χ0) is 24.1. The normalized spacial score (nSPS) is 13.4. The molecule has 0 saturated heterocycles. The fourth-order valence-corrected chi connectivity index (χ4v) is 4.66. The monoisotopic (exact) mass is 484 g/mol. The summed E-state index contributed by atoms with van der Waals surface area (Å²) in [5, 5.41) is 17.6. The van der Waals surface area contributed by atoms with E-state index in [4.69, 9.17) is 4.74 Å². The predicted molar refractivity (Wildman–Crippen MR) is 116 cm³/mol. The molecule has 0 radical (unpaired) electrons. The zero-order valence-electron chi connectivity index (χ0n) is 17.8. The van der Waals surface area contributed by atoms with Crippen molar-refractivity contribution >= 4 is 21.4 Å². The molecular weight excluding hydrogens is 464 g/mol. The fraction of sp³-hybridized carbons (Fsp3) is 0.227. The Kier molecular flexibility index (Phi) is 6.68. The van der Waals surface area contributed by atoms with Gasteiger partial charge >= 0.3 is 10.9 Å². The number of hydrogen-bond donors (Lipinski definition) is 1. The average molecular weight is 484 g/mol. The van der Waals surface area contributed by atoms with Crippen molar-refractivity contribution in [3.63, 3.8) is 0 Å². The number of ether oxygens (including phenoxy) is 1. The molecule has 1 aromatic carbocycles. The van der Waals surface area contributed by atoms with Crippen molar-refractivity contribution in [2.75, 3.05) is 13.2 Å². The number of ketones is 2. The quantitative estimate of drug-likeness (QED) is 0.331. The summed E-state index contributed by atoms with van der Waals surface area (Å²) in [5.74, 6) is -1.01. The number of pyridine rings is 1. The molecule has 0 unspecified atom stereocenters. The topological polar surface area (TPSA) is 155 Å². The van der Waals surface area contributed by atoms with Crippen LogP contribution in [0.3, 0.4) is 0 Å². The molecule has 0 aliphatic heterocycles. The van der Waals surface area contributed by atoms with Gasteiger partial charge in [-0.3, -0.25) is 19.2 Å². The highest BCUT2D eigenvalue weighted by molar-refractivity contribution is 7.91. The molecule has 34 heavy (non-hydrogen) atoms. The van der Waals surface area contributed by atoms with Gasteiger partial charge in [-0.2, -0.15) is 0 Å². The van der Waals surface area contributed by atoms with Crippen molar-refractivity contribution in [1.82, 2.24) is 15.5 Å². The number of unbranched alkanes of at least 4 members (excludes halogenated alkanes) is 2. The Morgan fingerprint density at radius 1 is 1.06 bits per heavy atom. The third-order valence-electron chi connectivity index (χ3n) is 5.04. The molecule has 2 aromatic heterocycles. The van der Waals surface area contributed by atoms with Crippen molar-refractivity contribution in [2.24, 2.45) is 0 Å². The molecule has 0 saturated carbocycles. The summed E-state index contributed by atoms with van der Waals surface area (Å²) >= 11 is 0. The van der Waals surface area contributed by atoms with Crippen molar-refractivity contribution < 1.29 is 32.3 Å². The van der Waals surface area contributed by atoms with Gasteiger partial charge in [0.1, 0.15) is 5.69 Å². The Balaban J connectivity index is 1.25. The third kappa shape index (κ3) is 4.66. The Bertz CT molecular complexity index is 1350. The number of carbonyl (C=O) groups is 2. The number of hydrogen-bond acceptors (Lipinski definition) is 10. The maximum absolute atomic E-state index is 12.7. The van der Waals surface area contributed by atoms with Crippen LogP contribution < -0.4 is 15.0 Å². The van der Waals surface area contributed by atoms with E-state index in [9.17, 15) is 23.2 Å². The van der Waals surface area contributed by atoms with E-state index >= 15 is 0 Å². The molecule has 4 rings (SSSR count). The molecule has 2 heterocycles. The number of rotatable bonds is 10. The largest absolute Gasteiger partial charge is 0.454 e. The molecule has 11 nitrogen and oxygen atoms in total. The molecule has 12 heteroatoms. The molecule has 0 fully saturated rings. The van der Waals surface area contributed by atoms with Gasteiger partial charge in [0.25, 0.3) is 9.84 Å². The minimum Gasteiger partial charge on any atom is -0.454 e. The summed E-state index contributed by atoms with van der Waals surface area (Å²) in [6, 6.07) is 10.6. The summed E-state index contributed by atoms with van der Waals surface area (Å²) in [5.41, 5.74) is 0.645. The second-order valence-electron chi connectivity index (χ2n) is 7.34. The lowest BCUT2D eigenvalue weighted by atomic mass is 9.97. The number of sulfone groups is 1. The smallest absolute Gasteiger partial charge is 0.414 e. The van der Waals surface area contributed by atoms with Crippen molar-refractivity contribution in [2.45, 2.75) is 29.2 Å². The van der Waals surface area contributed by atoms with Gasteiger partial charge in [-0.05, 0) is 48.4 Å². The van der Waals surface area contributed by atoms with Crippen LogP contribution in [-0.2, 0) is 9.84 Å². The summed E-state index contributed by atoms with van der Waals surface area (Å²) in [7, 11) is -4.16. The van der Waals surface area contributed by atoms with Crippen molar-refractivity contribution in [1.29, 1.82) is 0 Å². The number of carbonyl (C=O) groups excluding carboxylic acids is 2. The summed E-state index contributed by atoms with van der Waals surface area (Å²) in [6.07, 6.45) is 4.55. The summed E-state index contributed by atoms with van der Waals surface area (Å²) in [6.45, 7) is 0.543. The van der Waals surface area contributed by atoms with Crippen molar-refractivity contribution in [3.8, 4) is 5.88 Å². The highest BCUT2D eigenvalue weighted by Gasteiger charge is 2.35. The number of aromatic nitrogens is 3. The summed E-state index contributed by atoms with van der Waals surface area (Å²) in [4.78, 5) is 28.3. The number of benzene rings is 1. The van der Waals surface area contributed by atoms with Gasteiger partial charge in [0, 0.05) is 18.8 Å². The van der Waals surface area contributed by atoms with Crippen LogP contribution in [0.5, 0.6) is 5.88 Å². The Morgan fingerprint density at radius 3 is 2.65 bits per heavy atom. The molecule has 176 valence electrons. The molecule has 0 atom stereocenters. The van der Waals surface area contributed by atoms with Gasteiger partial charge in [0.05, 0.1) is 27.9 Å². The lowest BCUT2D eigenvalue weighted by Crippen LogP contribution is -2.31. The lowest BCUT2D eigenvalue weighted by Gasteiger charge is -2.15. The molecule has 1 N–H and O–H groups in total. The number of allylic oxidation sites excluding steroid dienone is 2.